The van der Waals surface area contributed by atoms with Crippen molar-refractivity contribution in [3.8, 4) is 0 Å². The third kappa shape index (κ3) is 5.49. The monoisotopic (exact) mass is 176 g/mol. The number of epoxide rings is 2. The first-order valence-electron chi connectivity index (χ1n) is 4.24. The zero-order valence-electron chi connectivity index (χ0n) is 7.27. The molecule has 72 valence electrons. The quantitative estimate of drug-likeness (QED) is 0.571. The molecule has 4 heteroatoms. The van der Waals surface area contributed by atoms with E-state index in [4.69, 9.17) is 19.7 Å². The molecule has 3 atom stereocenters. The second-order valence-electron chi connectivity index (χ2n) is 3.17. The Hall–Kier alpha value is -0.160. The van der Waals surface area contributed by atoms with E-state index < -0.39 is 6.10 Å². The van der Waals surface area contributed by atoms with Crippen LogP contribution in [0.5, 0.6) is 0 Å². The van der Waals surface area contributed by atoms with Crippen LogP contribution >= 0.6 is 0 Å². The van der Waals surface area contributed by atoms with Crippen LogP contribution in [0.4, 0.5) is 0 Å². The number of rotatable bonds is 3. The van der Waals surface area contributed by atoms with E-state index in [1.165, 1.54) is 0 Å². The smallest absolute Gasteiger partial charge is 0.0835 e. The van der Waals surface area contributed by atoms with Crippen LogP contribution in [0.2, 0.25) is 0 Å². The molecule has 0 aliphatic carbocycles. The molecule has 2 aliphatic rings. The number of aliphatic hydroxyl groups excluding tert-OH is 2. The zero-order valence-corrected chi connectivity index (χ0v) is 7.27. The van der Waals surface area contributed by atoms with Gasteiger partial charge in [-0.25, -0.2) is 0 Å². The molecule has 12 heavy (non-hydrogen) atoms. The number of aliphatic hydroxyl groups is 2. The fourth-order valence-electron chi connectivity index (χ4n) is 0.678. The maximum atomic E-state index is 8.74. The van der Waals surface area contributed by atoms with Crippen LogP contribution in [-0.4, -0.2) is 48.3 Å². The summed E-state index contributed by atoms with van der Waals surface area (Å²) >= 11 is 0. The van der Waals surface area contributed by atoms with Crippen LogP contribution in [0, 0.1) is 0 Å². The van der Waals surface area contributed by atoms with Crippen molar-refractivity contribution in [1.82, 2.24) is 0 Å². The van der Waals surface area contributed by atoms with Gasteiger partial charge >= 0.3 is 0 Å². The van der Waals surface area contributed by atoms with E-state index in [1.807, 2.05) is 0 Å². The second kappa shape index (κ2) is 4.77. The van der Waals surface area contributed by atoms with Gasteiger partial charge < -0.3 is 19.7 Å². The van der Waals surface area contributed by atoms with E-state index in [9.17, 15) is 0 Å². The molecule has 0 aromatic carbocycles. The van der Waals surface area contributed by atoms with Gasteiger partial charge in [-0.1, -0.05) is 0 Å². The molecule has 4 nitrogen and oxygen atoms in total. The van der Waals surface area contributed by atoms with Crippen molar-refractivity contribution in [3.63, 3.8) is 0 Å². The highest BCUT2D eigenvalue weighted by Gasteiger charge is 2.24. The average molecular weight is 176 g/mol. The van der Waals surface area contributed by atoms with Crippen molar-refractivity contribution >= 4 is 0 Å². The lowest BCUT2D eigenvalue weighted by Gasteiger charge is -2.01. The molecule has 0 saturated carbocycles. The summed E-state index contributed by atoms with van der Waals surface area (Å²) in [6.07, 6.45) is 0.802. The number of hydrogen-bond acceptors (Lipinski definition) is 4. The molecule has 3 unspecified atom stereocenters. The molecule has 2 aliphatic heterocycles. The van der Waals surface area contributed by atoms with E-state index in [-0.39, 0.29) is 12.7 Å². The Morgan fingerprint density at radius 1 is 1.42 bits per heavy atom. The van der Waals surface area contributed by atoms with Crippen molar-refractivity contribution in [2.45, 2.75) is 31.7 Å². The SMILES string of the molecule is CC1CO1.OCC(O)CC1CO1. The summed E-state index contributed by atoms with van der Waals surface area (Å²) in [6.45, 7) is 3.64. The fraction of sp³-hybridized carbons (Fsp3) is 1.00. The Kier molecular flexibility index (Phi) is 3.94. The van der Waals surface area contributed by atoms with Crippen molar-refractivity contribution in [2.75, 3.05) is 19.8 Å². The van der Waals surface area contributed by atoms with E-state index in [0.717, 1.165) is 13.2 Å². The Bertz CT molecular complexity index is 120. The highest BCUT2D eigenvalue weighted by Crippen LogP contribution is 2.14. The summed E-state index contributed by atoms with van der Waals surface area (Å²) in [4.78, 5) is 0. The molecular weight excluding hydrogens is 160 g/mol. The zero-order chi connectivity index (χ0) is 8.97. The minimum Gasteiger partial charge on any atom is -0.394 e. The standard InChI is InChI=1S/C5H10O3.C3H6O/c6-2-4(7)1-5-3-8-5;1-3-2-4-3/h4-7H,1-3H2;3H,2H2,1H3. The Morgan fingerprint density at radius 2 is 1.92 bits per heavy atom. The minimum absolute atomic E-state index is 0.153. The summed E-state index contributed by atoms with van der Waals surface area (Å²) in [7, 11) is 0. The van der Waals surface area contributed by atoms with Gasteiger partial charge in [-0.15, -0.1) is 0 Å². The van der Waals surface area contributed by atoms with Gasteiger partial charge in [-0.05, 0) is 6.92 Å². The average Bonchev–Trinajstić information content (AvgIpc) is 2.89. The van der Waals surface area contributed by atoms with Gasteiger partial charge in [-0.3, -0.25) is 0 Å². The molecule has 0 radical (unpaired) electrons. The summed E-state index contributed by atoms with van der Waals surface area (Å²) in [6, 6.07) is 0. The molecule has 0 bridgehead atoms. The first kappa shape index (κ1) is 9.92. The molecule has 0 aromatic rings. The van der Waals surface area contributed by atoms with Crippen molar-refractivity contribution in [3.05, 3.63) is 0 Å². The number of ether oxygens (including phenoxy) is 2. The summed E-state index contributed by atoms with van der Waals surface area (Å²) in [5.41, 5.74) is 0. The van der Waals surface area contributed by atoms with Crippen LogP contribution in [0.1, 0.15) is 13.3 Å². The second-order valence-corrected chi connectivity index (χ2v) is 3.17. The molecule has 2 N–H and O–H groups in total. The lowest BCUT2D eigenvalue weighted by Crippen LogP contribution is -2.14. The van der Waals surface area contributed by atoms with E-state index in [2.05, 4.69) is 6.92 Å². The van der Waals surface area contributed by atoms with Crippen LogP contribution in [0.3, 0.4) is 0 Å². The van der Waals surface area contributed by atoms with Crippen molar-refractivity contribution in [2.24, 2.45) is 0 Å². The fourth-order valence-corrected chi connectivity index (χ4v) is 0.678. The molecule has 2 rings (SSSR count). The van der Waals surface area contributed by atoms with Gasteiger partial charge in [0.15, 0.2) is 0 Å². The van der Waals surface area contributed by atoms with Gasteiger partial charge in [0.05, 0.1) is 38.1 Å². The predicted octanol–water partition coefficient (Wildman–Crippen LogP) is -0.466. The maximum Gasteiger partial charge on any atom is 0.0835 e. The van der Waals surface area contributed by atoms with Gasteiger partial charge in [0.1, 0.15) is 0 Å². The van der Waals surface area contributed by atoms with Gasteiger partial charge in [-0.2, -0.15) is 0 Å². The van der Waals surface area contributed by atoms with E-state index in [1.54, 1.807) is 0 Å². The summed E-state index contributed by atoms with van der Waals surface area (Å²) in [5.74, 6) is 0. The Balaban J connectivity index is 0.000000150. The van der Waals surface area contributed by atoms with Gasteiger partial charge in [0, 0.05) is 6.42 Å². The van der Waals surface area contributed by atoms with Crippen molar-refractivity contribution < 1.29 is 19.7 Å². The molecule has 2 saturated heterocycles. The third-order valence-corrected chi connectivity index (χ3v) is 1.65. The van der Waals surface area contributed by atoms with Crippen LogP contribution < -0.4 is 0 Å². The van der Waals surface area contributed by atoms with Gasteiger partial charge in [0.2, 0.25) is 0 Å². The minimum atomic E-state index is -0.581. The predicted molar refractivity (Wildman–Crippen MR) is 42.9 cm³/mol. The first-order chi connectivity index (χ1) is 5.72. The lowest BCUT2D eigenvalue weighted by atomic mass is 10.2. The van der Waals surface area contributed by atoms with E-state index >= 15 is 0 Å². The topological polar surface area (TPSA) is 65.5 Å². The summed E-state index contributed by atoms with van der Waals surface area (Å²) < 4.78 is 9.52. The first-order valence-corrected chi connectivity index (χ1v) is 4.24. The maximum absolute atomic E-state index is 8.74. The van der Waals surface area contributed by atoms with E-state index in [0.29, 0.717) is 12.5 Å². The van der Waals surface area contributed by atoms with Crippen LogP contribution in [0.25, 0.3) is 0 Å². The van der Waals surface area contributed by atoms with Crippen molar-refractivity contribution in [1.29, 1.82) is 0 Å². The third-order valence-electron chi connectivity index (χ3n) is 1.65. The molecule has 2 fully saturated rings. The van der Waals surface area contributed by atoms with Gasteiger partial charge in [0.25, 0.3) is 0 Å². The molecular formula is C8H16O4. The summed E-state index contributed by atoms with van der Waals surface area (Å²) in [5, 5.41) is 17.0. The highest BCUT2D eigenvalue weighted by atomic mass is 16.6. The van der Waals surface area contributed by atoms with Crippen LogP contribution in [-0.2, 0) is 9.47 Å². The molecule has 0 spiro atoms. The number of hydrogen-bond donors (Lipinski definition) is 2. The lowest BCUT2D eigenvalue weighted by molar-refractivity contribution is 0.0814. The van der Waals surface area contributed by atoms with Crippen LogP contribution in [0.15, 0.2) is 0 Å². The molecule has 2 heterocycles. The molecule has 0 aromatic heterocycles. The Morgan fingerprint density at radius 3 is 2.17 bits per heavy atom. The highest BCUT2D eigenvalue weighted by molar-refractivity contribution is 4.72. The Labute approximate surface area is 72.1 Å². The molecule has 0 amide bonds. The normalized spacial score (nSPS) is 33.2. The largest absolute Gasteiger partial charge is 0.394 e.